The van der Waals surface area contributed by atoms with Crippen molar-refractivity contribution in [3.63, 3.8) is 0 Å². The lowest BCUT2D eigenvalue weighted by atomic mass is 10.1. The summed E-state index contributed by atoms with van der Waals surface area (Å²) < 4.78 is 5.07. The Morgan fingerprint density at radius 1 is 1.33 bits per heavy atom. The van der Waals surface area contributed by atoms with E-state index in [2.05, 4.69) is 19.0 Å². The average molecular weight is 292 g/mol. The lowest BCUT2D eigenvalue weighted by molar-refractivity contribution is 0.0758. The first kappa shape index (κ1) is 15.6. The zero-order valence-electron chi connectivity index (χ0n) is 13.0. The van der Waals surface area contributed by atoms with Gasteiger partial charge in [0.05, 0.1) is 7.11 Å². The van der Waals surface area contributed by atoms with Crippen LogP contribution in [0.4, 0.5) is 0 Å². The normalized spacial score (nSPS) is 19.4. The molecular weight excluding hydrogens is 268 g/mol. The molecule has 1 fully saturated rings. The summed E-state index contributed by atoms with van der Waals surface area (Å²) >= 11 is 0. The minimum atomic E-state index is 0.00714. The highest BCUT2D eigenvalue weighted by atomic mass is 16.5. The molecule has 1 unspecified atom stereocenters. The monoisotopic (exact) mass is 292 g/mol. The lowest BCUT2D eigenvalue weighted by Crippen LogP contribution is -2.33. The molecule has 0 saturated carbocycles. The van der Waals surface area contributed by atoms with Crippen LogP contribution in [0.1, 0.15) is 29.6 Å². The third-order valence-electron chi connectivity index (χ3n) is 4.14. The van der Waals surface area contributed by atoms with Crippen LogP contribution in [-0.2, 0) is 0 Å². The Morgan fingerprint density at radius 3 is 2.76 bits per heavy atom. The fraction of sp³-hybridized carbons (Fsp3) is 0.562. The SMILES string of the molecule is COc1cc(C(=O)N2CCCC(N(C)C)CC2)ccc1O. The summed E-state index contributed by atoms with van der Waals surface area (Å²) in [6.07, 6.45) is 3.13. The standard InChI is InChI=1S/C16H24N2O3/c1-17(2)13-5-4-9-18(10-8-13)16(20)12-6-7-14(19)15(11-12)21-3/h6-7,11,13,19H,4-5,8-10H2,1-3H3. The lowest BCUT2D eigenvalue weighted by Gasteiger charge is -2.23. The molecule has 0 radical (unpaired) electrons. The molecule has 1 heterocycles. The summed E-state index contributed by atoms with van der Waals surface area (Å²) in [6.45, 7) is 1.55. The summed E-state index contributed by atoms with van der Waals surface area (Å²) in [7, 11) is 5.66. The minimum Gasteiger partial charge on any atom is -0.504 e. The molecule has 0 bridgehead atoms. The van der Waals surface area contributed by atoms with E-state index in [1.54, 1.807) is 12.1 Å². The van der Waals surface area contributed by atoms with Crippen molar-refractivity contribution in [1.82, 2.24) is 9.80 Å². The summed E-state index contributed by atoms with van der Waals surface area (Å²) in [5, 5.41) is 9.61. The summed E-state index contributed by atoms with van der Waals surface area (Å²) in [4.78, 5) is 16.7. The third-order valence-corrected chi connectivity index (χ3v) is 4.14. The Hall–Kier alpha value is -1.75. The molecule has 116 valence electrons. The number of ether oxygens (including phenoxy) is 1. The fourth-order valence-electron chi connectivity index (χ4n) is 2.79. The fourth-order valence-corrected chi connectivity index (χ4v) is 2.79. The van der Waals surface area contributed by atoms with Crippen molar-refractivity contribution in [2.45, 2.75) is 25.3 Å². The van der Waals surface area contributed by atoms with Crippen LogP contribution in [0, 0.1) is 0 Å². The number of hydrogen-bond donors (Lipinski definition) is 1. The molecule has 1 aromatic rings. The molecule has 1 aromatic carbocycles. The van der Waals surface area contributed by atoms with Crippen molar-refractivity contribution in [3.05, 3.63) is 23.8 Å². The number of carbonyl (C=O) groups is 1. The van der Waals surface area contributed by atoms with Gasteiger partial charge in [-0.2, -0.15) is 0 Å². The molecule has 0 aliphatic carbocycles. The second-order valence-corrected chi connectivity index (χ2v) is 5.73. The van der Waals surface area contributed by atoms with E-state index in [1.807, 2.05) is 4.90 Å². The number of nitrogens with zero attached hydrogens (tertiary/aromatic N) is 2. The van der Waals surface area contributed by atoms with Crippen LogP contribution in [0.5, 0.6) is 11.5 Å². The first-order chi connectivity index (χ1) is 10.0. The highest BCUT2D eigenvalue weighted by Gasteiger charge is 2.23. The van der Waals surface area contributed by atoms with Crippen molar-refractivity contribution in [2.75, 3.05) is 34.3 Å². The molecule has 1 N–H and O–H groups in total. The number of carbonyl (C=O) groups excluding carboxylic acids is 1. The highest BCUT2D eigenvalue weighted by Crippen LogP contribution is 2.27. The Kier molecular flexibility index (Phi) is 5.07. The molecule has 5 nitrogen and oxygen atoms in total. The van der Waals surface area contributed by atoms with Gasteiger partial charge in [0.25, 0.3) is 5.91 Å². The summed E-state index contributed by atoms with van der Waals surface area (Å²) in [5.74, 6) is 0.395. The van der Waals surface area contributed by atoms with Crippen LogP contribution < -0.4 is 4.74 Å². The van der Waals surface area contributed by atoms with Gasteiger partial charge in [0, 0.05) is 24.7 Å². The molecule has 2 rings (SSSR count). The maximum atomic E-state index is 12.6. The van der Waals surface area contributed by atoms with E-state index in [4.69, 9.17) is 4.74 Å². The van der Waals surface area contributed by atoms with Gasteiger partial charge in [0.2, 0.25) is 0 Å². The molecule has 5 heteroatoms. The number of phenolic OH excluding ortho intramolecular Hbond substituents is 1. The van der Waals surface area contributed by atoms with Gasteiger partial charge >= 0.3 is 0 Å². The van der Waals surface area contributed by atoms with Crippen molar-refractivity contribution in [1.29, 1.82) is 0 Å². The number of phenols is 1. The highest BCUT2D eigenvalue weighted by molar-refractivity contribution is 5.95. The van der Waals surface area contributed by atoms with Crippen LogP contribution in [-0.4, -0.2) is 61.2 Å². The zero-order valence-corrected chi connectivity index (χ0v) is 13.0. The Bertz CT molecular complexity index is 502. The largest absolute Gasteiger partial charge is 0.504 e. The number of hydrogen-bond acceptors (Lipinski definition) is 4. The molecule has 0 aromatic heterocycles. The molecule has 21 heavy (non-hydrogen) atoms. The zero-order chi connectivity index (χ0) is 15.4. The molecule has 0 spiro atoms. The van der Waals surface area contributed by atoms with Crippen molar-refractivity contribution < 1.29 is 14.6 Å². The van der Waals surface area contributed by atoms with Crippen molar-refractivity contribution in [2.24, 2.45) is 0 Å². The number of rotatable bonds is 3. The summed E-state index contributed by atoms with van der Waals surface area (Å²) in [5.41, 5.74) is 0.563. The molecule has 1 aliphatic heterocycles. The first-order valence-electron chi connectivity index (χ1n) is 7.35. The van der Waals surface area contributed by atoms with E-state index in [0.717, 1.165) is 32.4 Å². The molecule has 1 aliphatic rings. The first-order valence-corrected chi connectivity index (χ1v) is 7.35. The Labute approximate surface area is 126 Å². The van der Waals surface area contributed by atoms with Gasteiger partial charge < -0.3 is 19.6 Å². The maximum Gasteiger partial charge on any atom is 0.253 e. The molecule has 1 amide bonds. The van der Waals surface area contributed by atoms with Gasteiger partial charge in [-0.3, -0.25) is 4.79 Å². The predicted octanol–water partition coefficient (Wildman–Crippen LogP) is 1.96. The van der Waals surface area contributed by atoms with Gasteiger partial charge in [-0.25, -0.2) is 0 Å². The van der Waals surface area contributed by atoms with E-state index in [-0.39, 0.29) is 11.7 Å². The van der Waals surface area contributed by atoms with Crippen molar-refractivity contribution >= 4 is 5.91 Å². The van der Waals surface area contributed by atoms with Gasteiger partial charge in [0.15, 0.2) is 11.5 Å². The van der Waals surface area contributed by atoms with Crippen LogP contribution in [0.2, 0.25) is 0 Å². The Morgan fingerprint density at radius 2 is 2.10 bits per heavy atom. The van der Waals surface area contributed by atoms with E-state index in [0.29, 0.717) is 17.4 Å². The van der Waals surface area contributed by atoms with Crippen LogP contribution in [0.15, 0.2) is 18.2 Å². The van der Waals surface area contributed by atoms with Crippen LogP contribution in [0.3, 0.4) is 0 Å². The third kappa shape index (κ3) is 3.67. The van der Waals surface area contributed by atoms with Crippen LogP contribution in [0.25, 0.3) is 0 Å². The number of methoxy groups -OCH3 is 1. The van der Waals surface area contributed by atoms with E-state index in [9.17, 15) is 9.90 Å². The molecular formula is C16H24N2O3. The quantitative estimate of drug-likeness (QED) is 0.925. The molecule has 1 atom stereocenters. The Balaban J connectivity index is 2.09. The van der Waals surface area contributed by atoms with Gasteiger partial charge in [-0.05, 0) is 51.6 Å². The second-order valence-electron chi connectivity index (χ2n) is 5.73. The van der Waals surface area contributed by atoms with Crippen LogP contribution >= 0.6 is 0 Å². The van der Waals surface area contributed by atoms with E-state index in [1.165, 1.54) is 13.2 Å². The topological polar surface area (TPSA) is 53.0 Å². The predicted molar refractivity (Wildman–Crippen MR) is 81.9 cm³/mol. The van der Waals surface area contributed by atoms with E-state index < -0.39 is 0 Å². The second kappa shape index (κ2) is 6.80. The van der Waals surface area contributed by atoms with Gasteiger partial charge in [-0.15, -0.1) is 0 Å². The number of likely N-dealkylation sites (tertiary alicyclic amines) is 1. The number of benzene rings is 1. The molecule has 1 saturated heterocycles. The summed E-state index contributed by atoms with van der Waals surface area (Å²) in [6, 6.07) is 5.30. The number of aromatic hydroxyl groups is 1. The van der Waals surface area contributed by atoms with E-state index >= 15 is 0 Å². The van der Waals surface area contributed by atoms with Crippen molar-refractivity contribution in [3.8, 4) is 11.5 Å². The van der Waals surface area contributed by atoms with Gasteiger partial charge in [0.1, 0.15) is 0 Å². The number of amides is 1. The maximum absolute atomic E-state index is 12.6. The average Bonchev–Trinajstić information content (AvgIpc) is 2.73. The van der Waals surface area contributed by atoms with Gasteiger partial charge in [-0.1, -0.05) is 0 Å². The minimum absolute atomic E-state index is 0.00714. The smallest absolute Gasteiger partial charge is 0.253 e.